The van der Waals surface area contributed by atoms with Crippen LogP contribution in [0.2, 0.25) is 15.1 Å². The molecular formula is C28H25Cl3N2O7S. The molecular weight excluding hydrogens is 615 g/mol. The van der Waals surface area contributed by atoms with E-state index in [0.29, 0.717) is 49.8 Å². The van der Waals surface area contributed by atoms with E-state index in [9.17, 15) is 14.4 Å². The molecule has 0 fully saturated rings. The number of rotatable bonds is 10. The normalized spacial score (nSPS) is 14.9. The van der Waals surface area contributed by atoms with E-state index < -0.39 is 30.1 Å². The number of benzene rings is 2. The second-order valence-electron chi connectivity index (χ2n) is 8.80. The van der Waals surface area contributed by atoms with Gasteiger partial charge in [0, 0.05) is 10.6 Å². The lowest BCUT2D eigenvalue weighted by Gasteiger charge is -2.27. The van der Waals surface area contributed by atoms with Crippen molar-refractivity contribution >= 4 is 64.2 Å². The predicted molar refractivity (Wildman–Crippen MR) is 157 cm³/mol. The standard InChI is InChI=1S/C28H25Cl3N2O7S/c1-4-6-19-23(27(37)39-5-2)24(16-12-15(29)7-8-20(16)38-3)33-26(36)21(41-28(33)32-19)11-14-9-17(30)25(18(31)10-14)40-13-22(34)35/h7-12,24H,4-6,13H2,1-3H3,(H,34,35)/b21-11+/t24-/m1/s1. The number of aromatic nitrogens is 1. The number of hydrogen-bond donors (Lipinski definition) is 1. The SMILES string of the molecule is CCCC1=C(C(=O)OCC)[C@@H](c2cc(Cl)ccc2OC)n2c(s/c(=C/c3cc(Cl)c(OCC(=O)O)c(Cl)c3)c2=O)=N1. The first-order chi connectivity index (χ1) is 19.6. The van der Waals surface area contributed by atoms with Crippen LogP contribution >= 0.6 is 46.1 Å². The van der Waals surface area contributed by atoms with Gasteiger partial charge in [0.15, 0.2) is 17.2 Å². The molecule has 1 aliphatic rings. The summed E-state index contributed by atoms with van der Waals surface area (Å²) in [5, 5.41) is 9.45. The highest BCUT2D eigenvalue weighted by Crippen LogP contribution is 2.38. The van der Waals surface area contributed by atoms with E-state index in [1.807, 2.05) is 6.92 Å². The van der Waals surface area contributed by atoms with E-state index in [-0.39, 0.29) is 28.0 Å². The molecule has 13 heteroatoms. The summed E-state index contributed by atoms with van der Waals surface area (Å²) in [7, 11) is 1.49. The minimum Gasteiger partial charge on any atom is -0.496 e. The van der Waals surface area contributed by atoms with Crippen molar-refractivity contribution < 1.29 is 28.9 Å². The van der Waals surface area contributed by atoms with Gasteiger partial charge in [0.2, 0.25) is 0 Å². The zero-order valence-electron chi connectivity index (χ0n) is 22.2. The highest BCUT2D eigenvalue weighted by molar-refractivity contribution is 7.07. The Labute approximate surface area is 253 Å². The molecule has 216 valence electrons. The number of carboxylic acid groups (broad SMARTS) is 1. The Morgan fingerprint density at radius 3 is 2.46 bits per heavy atom. The highest BCUT2D eigenvalue weighted by atomic mass is 35.5. The number of esters is 1. The van der Waals surface area contributed by atoms with Gasteiger partial charge in [-0.05, 0) is 55.3 Å². The van der Waals surface area contributed by atoms with Gasteiger partial charge in [-0.3, -0.25) is 9.36 Å². The van der Waals surface area contributed by atoms with E-state index in [0.717, 1.165) is 11.3 Å². The van der Waals surface area contributed by atoms with Crippen molar-refractivity contribution in [2.75, 3.05) is 20.3 Å². The zero-order valence-corrected chi connectivity index (χ0v) is 25.3. The molecule has 1 aliphatic heterocycles. The average Bonchev–Trinajstić information content (AvgIpc) is 3.21. The van der Waals surface area contributed by atoms with Crippen molar-refractivity contribution in [2.24, 2.45) is 4.99 Å². The van der Waals surface area contributed by atoms with E-state index in [2.05, 4.69) is 0 Å². The molecule has 0 aliphatic carbocycles. The van der Waals surface area contributed by atoms with Gasteiger partial charge in [0.1, 0.15) is 11.8 Å². The first kappa shape index (κ1) is 30.6. The summed E-state index contributed by atoms with van der Waals surface area (Å²) >= 11 is 20.1. The fourth-order valence-electron chi connectivity index (χ4n) is 4.42. The van der Waals surface area contributed by atoms with Crippen LogP contribution in [0.4, 0.5) is 0 Å². The van der Waals surface area contributed by atoms with Crippen LogP contribution in [0.25, 0.3) is 6.08 Å². The van der Waals surface area contributed by atoms with Gasteiger partial charge in [0.05, 0.1) is 39.6 Å². The molecule has 0 saturated carbocycles. The summed E-state index contributed by atoms with van der Waals surface area (Å²) in [5.41, 5.74) is 1.31. The molecule has 1 atom stereocenters. The Morgan fingerprint density at radius 2 is 1.85 bits per heavy atom. The number of carbonyl (C=O) groups excluding carboxylic acids is 1. The molecule has 2 aromatic carbocycles. The third-order valence-corrected chi connectivity index (χ3v) is 7.82. The van der Waals surface area contributed by atoms with Gasteiger partial charge in [-0.1, -0.05) is 59.5 Å². The smallest absolute Gasteiger partial charge is 0.341 e. The van der Waals surface area contributed by atoms with Crippen LogP contribution in [0.1, 0.15) is 43.9 Å². The fourth-order valence-corrected chi connectivity index (χ4v) is 6.23. The van der Waals surface area contributed by atoms with Crippen molar-refractivity contribution in [1.82, 2.24) is 4.57 Å². The molecule has 2 heterocycles. The van der Waals surface area contributed by atoms with Crippen LogP contribution in [0.15, 0.2) is 51.4 Å². The lowest BCUT2D eigenvalue weighted by Crippen LogP contribution is -2.40. The molecule has 1 N–H and O–H groups in total. The summed E-state index contributed by atoms with van der Waals surface area (Å²) < 4.78 is 17.9. The fraction of sp³-hybridized carbons (Fsp3) is 0.286. The molecule has 4 rings (SSSR count). The number of carbonyl (C=O) groups is 2. The van der Waals surface area contributed by atoms with E-state index in [1.165, 1.54) is 23.8 Å². The Hall–Kier alpha value is -3.31. The maximum atomic E-state index is 14.0. The number of hydrogen-bond acceptors (Lipinski definition) is 8. The van der Waals surface area contributed by atoms with Crippen molar-refractivity contribution in [1.29, 1.82) is 0 Å². The summed E-state index contributed by atoms with van der Waals surface area (Å²) in [5.74, 6) is -1.32. The van der Waals surface area contributed by atoms with Crippen molar-refractivity contribution in [3.8, 4) is 11.5 Å². The Kier molecular flexibility index (Phi) is 9.80. The predicted octanol–water partition coefficient (Wildman–Crippen LogP) is 5.01. The van der Waals surface area contributed by atoms with Crippen LogP contribution in [0.5, 0.6) is 11.5 Å². The maximum Gasteiger partial charge on any atom is 0.341 e. The van der Waals surface area contributed by atoms with Crippen LogP contribution < -0.4 is 24.4 Å². The number of allylic oxidation sites excluding steroid dienone is 1. The third kappa shape index (κ3) is 6.46. The second-order valence-corrected chi connectivity index (χ2v) is 11.1. The molecule has 0 unspecified atom stereocenters. The van der Waals surface area contributed by atoms with E-state index in [1.54, 1.807) is 31.2 Å². The monoisotopic (exact) mass is 638 g/mol. The second kappa shape index (κ2) is 13.1. The molecule has 0 bridgehead atoms. The van der Waals surface area contributed by atoms with E-state index >= 15 is 0 Å². The number of halogens is 3. The third-order valence-electron chi connectivity index (χ3n) is 6.04. The minimum absolute atomic E-state index is 0.0191. The lowest BCUT2D eigenvalue weighted by molar-refractivity contribution is -0.140. The largest absolute Gasteiger partial charge is 0.496 e. The summed E-state index contributed by atoms with van der Waals surface area (Å²) in [6, 6.07) is 7.09. The summed E-state index contributed by atoms with van der Waals surface area (Å²) in [6.45, 7) is 3.19. The molecule has 0 saturated heterocycles. The molecule has 0 amide bonds. The molecule has 3 aromatic rings. The first-order valence-corrected chi connectivity index (χ1v) is 14.4. The average molecular weight is 640 g/mol. The topological polar surface area (TPSA) is 116 Å². The number of nitrogens with zero attached hydrogens (tertiary/aromatic N) is 2. The Bertz CT molecular complexity index is 1710. The number of ether oxygens (including phenoxy) is 3. The number of methoxy groups -OCH3 is 1. The van der Waals surface area contributed by atoms with Crippen LogP contribution in [0, 0.1) is 0 Å². The number of fused-ring (bicyclic) bond motifs is 1. The molecule has 41 heavy (non-hydrogen) atoms. The van der Waals surface area contributed by atoms with Crippen LogP contribution in [-0.4, -0.2) is 41.9 Å². The maximum absolute atomic E-state index is 14.0. The van der Waals surface area contributed by atoms with Gasteiger partial charge < -0.3 is 19.3 Å². The van der Waals surface area contributed by atoms with Crippen LogP contribution in [0.3, 0.4) is 0 Å². The first-order valence-electron chi connectivity index (χ1n) is 12.5. The van der Waals surface area contributed by atoms with Crippen LogP contribution in [-0.2, 0) is 14.3 Å². The quantitative estimate of drug-likeness (QED) is 0.310. The molecule has 0 radical (unpaired) electrons. The van der Waals surface area contributed by atoms with Crippen molar-refractivity contribution in [3.63, 3.8) is 0 Å². The summed E-state index contributed by atoms with van der Waals surface area (Å²) in [4.78, 5) is 43.3. The summed E-state index contributed by atoms with van der Waals surface area (Å²) in [6.07, 6.45) is 2.76. The van der Waals surface area contributed by atoms with Gasteiger partial charge in [0.25, 0.3) is 5.56 Å². The molecule has 9 nitrogen and oxygen atoms in total. The van der Waals surface area contributed by atoms with Crippen molar-refractivity contribution in [3.05, 3.63) is 87.5 Å². The number of aliphatic carboxylic acids is 1. The van der Waals surface area contributed by atoms with Crippen molar-refractivity contribution in [2.45, 2.75) is 32.7 Å². The van der Waals surface area contributed by atoms with Gasteiger partial charge in [-0.25, -0.2) is 14.6 Å². The Balaban J connectivity index is 1.96. The molecule has 1 aromatic heterocycles. The Morgan fingerprint density at radius 1 is 1.15 bits per heavy atom. The highest BCUT2D eigenvalue weighted by Gasteiger charge is 2.36. The number of thiazole rings is 1. The van der Waals surface area contributed by atoms with E-state index in [4.69, 9.17) is 59.1 Å². The van der Waals surface area contributed by atoms with Gasteiger partial charge in [-0.15, -0.1) is 0 Å². The van der Waals surface area contributed by atoms with Gasteiger partial charge in [-0.2, -0.15) is 0 Å². The minimum atomic E-state index is -1.18. The van der Waals surface area contributed by atoms with Gasteiger partial charge >= 0.3 is 11.9 Å². The zero-order chi connectivity index (χ0) is 29.8. The number of carboxylic acids is 1. The molecule has 0 spiro atoms. The lowest BCUT2D eigenvalue weighted by atomic mass is 9.93.